The molecule has 9 heteroatoms. The summed E-state index contributed by atoms with van der Waals surface area (Å²) in [7, 11) is 0. The number of halogens is 3. The topological polar surface area (TPSA) is 77.2 Å². The highest BCUT2D eigenvalue weighted by atomic mass is 32.1. The Morgan fingerprint density at radius 1 is 1.10 bits per heavy atom. The molecule has 0 bridgehead atoms. The minimum Gasteiger partial charge on any atom is -0.371 e. The molecule has 29 heavy (non-hydrogen) atoms. The third-order valence-electron chi connectivity index (χ3n) is 4.20. The monoisotopic (exact) mass is 421 g/mol. The van der Waals surface area contributed by atoms with Crippen LogP contribution >= 0.6 is 11.3 Å². The second kappa shape index (κ2) is 8.73. The van der Waals surface area contributed by atoms with Gasteiger partial charge in [-0.1, -0.05) is 24.3 Å². The summed E-state index contributed by atoms with van der Waals surface area (Å²) in [6.45, 7) is 2.51. The number of ether oxygens (including phenoxy) is 1. The SMILES string of the molecule is Cc1nc(-c2ccc(C(F)(F)F)cc2)sc1COCc1ccc(C(=O)NN)cc1. The minimum atomic E-state index is -4.36. The number of amides is 1. The summed E-state index contributed by atoms with van der Waals surface area (Å²) in [5.41, 5.74) is 4.13. The Balaban J connectivity index is 1.61. The molecule has 0 aliphatic carbocycles. The van der Waals surface area contributed by atoms with Crippen LogP contribution in [0.4, 0.5) is 13.2 Å². The van der Waals surface area contributed by atoms with Gasteiger partial charge in [0.1, 0.15) is 5.01 Å². The van der Waals surface area contributed by atoms with Crippen LogP contribution in [-0.4, -0.2) is 10.9 Å². The van der Waals surface area contributed by atoms with Crippen molar-refractivity contribution < 1.29 is 22.7 Å². The molecule has 2 aromatic carbocycles. The van der Waals surface area contributed by atoms with Crippen LogP contribution in [0.15, 0.2) is 48.5 Å². The van der Waals surface area contributed by atoms with Gasteiger partial charge in [-0.25, -0.2) is 10.8 Å². The lowest BCUT2D eigenvalue weighted by Gasteiger charge is -2.06. The molecule has 3 aromatic rings. The van der Waals surface area contributed by atoms with Crippen LogP contribution < -0.4 is 11.3 Å². The number of hydrogen-bond acceptors (Lipinski definition) is 5. The van der Waals surface area contributed by atoms with E-state index in [-0.39, 0.29) is 5.91 Å². The van der Waals surface area contributed by atoms with Gasteiger partial charge in [-0.2, -0.15) is 13.2 Å². The van der Waals surface area contributed by atoms with Crippen LogP contribution in [0, 0.1) is 6.92 Å². The van der Waals surface area contributed by atoms with Crippen molar-refractivity contribution in [1.29, 1.82) is 0 Å². The van der Waals surface area contributed by atoms with Crippen LogP contribution in [0.1, 0.15) is 32.1 Å². The van der Waals surface area contributed by atoms with Gasteiger partial charge in [0.15, 0.2) is 0 Å². The van der Waals surface area contributed by atoms with Gasteiger partial charge in [-0.15, -0.1) is 11.3 Å². The van der Waals surface area contributed by atoms with Crippen LogP contribution in [-0.2, 0) is 24.1 Å². The van der Waals surface area contributed by atoms with Gasteiger partial charge in [0, 0.05) is 11.1 Å². The molecule has 5 nitrogen and oxygen atoms in total. The molecule has 3 N–H and O–H groups in total. The van der Waals surface area contributed by atoms with Crippen molar-refractivity contribution in [2.45, 2.75) is 26.3 Å². The highest BCUT2D eigenvalue weighted by molar-refractivity contribution is 7.15. The molecule has 0 aliphatic heterocycles. The van der Waals surface area contributed by atoms with Gasteiger partial charge in [-0.3, -0.25) is 10.2 Å². The fraction of sp³-hybridized carbons (Fsp3) is 0.200. The number of nitrogens with one attached hydrogen (secondary N) is 1. The molecule has 0 saturated heterocycles. The average molecular weight is 421 g/mol. The van der Waals surface area contributed by atoms with E-state index in [0.717, 1.165) is 28.3 Å². The molecule has 0 saturated carbocycles. The Morgan fingerprint density at radius 3 is 2.34 bits per heavy atom. The molecular formula is C20H18F3N3O2S. The minimum absolute atomic E-state index is 0.329. The number of rotatable bonds is 6. The van der Waals surface area contributed by atoms with Gasteiger partial charge in [0.25, 0.3) is 5.91 Å². The molecule has 3 rings (SSSR count). The molecule has 0 spiro atoms. The predicted octanol–water partition coefficient (Wildman–Crippen LogP) is 4.46. The lowest BCUT2D eigenvalue weighted by Crippen LogP contribution is -2.29. The summed E-state index contributed by atoms with van der Waals surface area (Å²) >= 11 is 1.39. The Bertz CT molecular complexity index is 984. The van der Waals surface area contributed by atoms with Crippen LogP contribution in [0.2, 0.25) is 0 Å². The maximum atomic E-state index is 12.7. The van der Waals surface area contributed by atoms with E-state index < -0.39 is 11.7 Å². The number of nitrogens with zero attached hydrogens (tertiary/aromatic N) is 1. The molecule has 0 atom stereocenters. The predicted molar refractivity (Wildman–Crippen MR) is 104 cm³/mol. The van der Waals surface area contributed by atoms with Gasteiger partial charge in [-0.05, 0) is 36.8 Å². The number of benzene rings is 2. The molecule has 0 fully saturated rings. The fourth-order valence-electron chi connectivity index (χ4n) is 2.58. The number of hydrogen-bond donors (Lipinski definition) is 2. The number of carbonyl (C=O) groups is 1. The van der Waals surface area contributed by atoms with Crippen molar-refractivity contribution >= 4 is 17.2 Å². The number of aromatic nitrogens is 1. The fourth-order valence-corrected chi connectivity index (χ4v) is 3.59. The van der Waals surface area contributed by atoms with Crippen LogP contribution in [0.25, 0.3) is 10.6 Å². The maximum Gasteiger partial charge on any atom is 0.416 e. The molecule has 0 unspecified atom stereocenters. The van der Waals surface area contributed by atoms with E-state index in [1.54, 1.807) is 24.3 Å². The average Bonchev–Trinajstić information content (AvgIpc) is 3.08. The highest BCUT2D eigenvalue weighted by Crippen LogP contribution is 2.33. The van der Waals surface area contributed by atoms with E-state index in [1.165, 1.54) is 23.5 Å². The van der Waals surface area contributed by atoms with Gasteiger partial charge < -0.3 is 4.74 Å². The summed E-state index contributed by atoms with van der Waals surface area (Å²) in [6.07, 6.45) is -4.36. The largest absolute Gasteiger partial charge is 0.416 e. The maximum absolute atomic E-state index is 12.7. The van der Waals surface area contributed by atoms with E-state index in [1.807, 2.05) is 6.92 Å². The van der Waals surface area contributed by atoms with E-state index in [9.17, 15) is 18.0 Å². The molecule has 1 heterocycles. The molecule has 1 aromatic heterocycles. The smallest absolute Gasteiger partial charge is 0.371 e. The molecule has 0 radical (unpaired) electrons. The van der Waals surface area contributed by atoms with Crippen LogP contribution in [0.5, 0.6) is 0 Å². The molecule has 0 aliphatic rings. The standard InChI is InChI=1S/C20H18F3N3O2S/c1-12-17(11-28-10-13-2-4-14(5-3-13)18(27)26-24)29-19(25-12)15-6-8-16(9-7-15)20(21,22)23/h2-9H,10-11,24H2,1H3,(H,26,27). The summed E-state index contributed by atoms with van der Waals surface area (Å²) in [4.78, 5) is 16.8. The molecule has 152 valence electrons. The Morgan fingerprint density at radius 2 is 1.76 bits per heavy atom. The zero-order valence-corrected chi connectivity index (χ0v) is 16.2. The van der Waals surface area contributed by atoms with E-state index in [4.69, 9.17) is 10.6 Å². The molecular weight excluding hydrogens is 403 g/mol. The first-order chi connectivity index (χ1) is 13.8. The zero-order chi connectivity index (χ0) is 21.0. The number of nitrogens with two attached hydrogens (primary N) is 1. The number of nitrogen functional groups attached to an aromatic ring is 1. The quantitative estimate of drug-likeness (QED) is 0.350. The van der Waals surface area contributed by atoms with Crippen molar-refractivity contribution in [3.63, 3.8) is 0 Å². The zero-order valence-electron chi connectivity index (χ0n) is 15.4. The van der Waals surface area contributed by atoms with Crippen LogP contribution in [0.3, 0.4) is 0 Å². The Hall–Kier alpha value is -2.75. The van der Waals surface area contributed by atoms with Gasteiger partial charge >= 0.3 is 6.18 Å². The second-order valence-electron chi connectivity index (χ2n) is 6.27. The summed E-state index contributed by atoms with van der Waals surface area (Å²) in [5, 5.41) is 0.645. The number of thiazole rings is 1. The van der Waals surface area contributed by atoms with E-state index in [2.05, 4.69) is 10.4 Å². The highest BCUT2D eigenvalue weighted by Gasteiger charge is 2.30. The normalized spacial score (nSPS) is 11.5. The van der Waals surface area contributed by atoms with Crippen molar-refractivity contribution in [2.75, 3.05) is 0 Å². The summed E-state index contributed by atoms with van der Waals surface area (Å²) in [5.74, 6) is 4.73. The van der Waals surface area contributed by atoms with Gasteiger partial charge in [0.2, 0.25) is 0 Å². The third kappa shape index (κ3) is 5.20. The summed E-state index contributed by atoms with van der Waals surface area (Å²) < 4.78 is 43.8. The van der Waals surface area contributed by atoms with Crippen molar-refractivity contribution in [2.24, 2.45) is 5.84 Å². The Kier molecular flexibility index (Phi) is 6.31. The number of alkyl halides is 3. The number of aryl methyl sites for hydroxylation is 1. The third-order valence-corrected chi connectivity index (χ3v) is 5.38. The van der Waals surface area contributed by atoms with E-state index in [0.29, 0.717) is 29.3 Å². The van der Waals surface area contributed by atoms with Crippen molar-refractivity contribution in [1.82, 2.24) is 10.4 Å². The number of hydrazine groups is 1. The second-order valence-corrected chi connectivity index (χ2v) is 7.35. The first-order valence-corrected chi connectivity index (χ1v) is 9.41. The van der Waals surface area contributed by atoms with Crippen molar-refractivity contribution in [3.05, 3.63) is 75.8 Å². The summed E-state index contributed by atoms with van der Waals surface area (Å²) in [6, 6.07) is 11.8. The number of carbonyl (C=O) groups excluding carboxylic acids is 1. The lowest BCUT2D eigenvalue weighted by molar-refractivity contribution is -0.137. The first kappa shape index (κ1) is 21.0. The Labute approximate surface area is 169 Å². The lowest BCUT2D eigenvalue weighted by atomic mass is 10.1. The van der Waals surface area contributed by atoms with E-state index >= 15 is 0 Å². The van der Waals surface area contributed by atoms with Gasteiger partial charge in [0.05, 0.1) is 29.3 Å². The molecule has 1 amide bonds. The van der Waals surface area contributed by atoms with Crippen molar-refractivity contribution in [3.8, 4) is 10.6 Å². The first-order valence-electron chi connectivity index (χ1n) is 8.59.